The van der Waals surface area contributed by atoms with Crippen molar-refractivity contribution in [1.29, 1.82) is 0 Å². The maximum atomic E-state index is 13.1. The fraction of sp³-hybridized carbons (Fsp3) is 0.0588. The highest BCUT2D eigenvalue weighted by molar-refractivity contribution is 6.16. The van der Waals surface area contributed by atoms with E-state index in [4.69, 9.17) is 9.84 Å². The number of carboxylic acids is 2. The first-order valence-corrected chi connectivity index (χ1v) is 7.30. The van der Waals surface area contributed by atoms with E-state index in [-0.39, 0.29) is 16.9 Å². The number of alkyl halides is 3. The lowest BCUT2D eigenvalue weighted by Gasteiger charge is -2.16. The highest BCUT2D eigenvalue weighted by Gasteiger charge is 2.40. The average Bonchev–Trinajstić information content (AvgIpc) is 2.88. The van der Waals surface area contributed by atoms with E-state index in [9.17, 15) is 37.5 Å². The number of fused-ring (bicyclic) bond motifs is 1. The second-order valence-corrected chi connectivity index (χ2v) is 5.43. The average molecular weight is 396 g/mol. The van der Waals surface area contributed by atoms with E-state index in [1.165, 1.54) is 12.1 Å². The molecule has 2 aromatic carbocycles. The zero-order valence-electron chi connectivity index (χ0n) is 13.4. The summed E-state index contributed by atoms with van der Waals surface area (Å²) in [6, 6.07) is 4.58. The minimum absolute atomic E-state index is 0.190. The van der Waals surface area contributed by atoms with Crippen LogP contribution in [0.3, 0.4) is 0 Å². The predicted molar refractivity (Wildman–Crippen MR) is 81.6 cm³/mol. The lowest BCUT2D eigenvalue weighted by atomic mass is 9.99. The molecule has 1 heterocycles. The number of hydrogen-bond acceptors (Lipinski definition) is 6. The zero-order chi connectivity index (χ0) is 20.8. The van der Waals surface area contributed by atoms with Gasteiger partial charge in [-0.2, -0.15) is 13.2 Å². The summed E-state index contributed by atoms with van der Waals surface area (Å²) >= 11 is 0. The van der Waals surface area contributed by atoms with Crippen LogP contribution in [-0.4, -0.2) is 34.1 Å². The molecule has 0 saturated heterocycles. The summed E-state index contributed by atoms with van der Waals surface area (Å²) in [4.78, 5) is 46.2. The van der Waals surface area contributed by atoms with Gasteiger partial charge in [-0.1, -0.05) is 6.07 Å². The molecule has 0 amide bonds. The summed E-state index contributed by atoms with van der Waals surface area (Å²) in [5.41, 5.74) is -5.02. The van der Waals surface area contributed by atoms with E-state index in [1.807, 2.05) is 0 Å². The second kappa shape index (κ2) is 6.37. The molecule has 0 atom stereocenters. The number of carbonyl (C=O) groups excluding carboxylic acids is 2. The van der Waals surface area contributed by atoms with Crippen LogP contribution in [-0.2, 0) is 10.9 Å². The summed E-state index contributed by atoms with van der Waals surface area (Å²) < 4.78 is 48.9. The number of rotatable bonds is 4. The minimum Gasteiger partial charge on any atom is -0.478 e. The third kappa shape index (κ3) is 3.02. The van der Waals surface area contributed by atoms with Crippen LogP contribution in [0.5, 0.6) is 11.5 Å². The summed E-state index contributed by atoms with van der Waals surface area (Å²) in [5, 5.41) is 18.4. The molecule has 3 rings (SSSR count). The summed E-state index contributed by atoms with van der Waals surface area (Å²) in [5.74, 6) is -7.36. The normalized spacial score (nSPS) is 13.1. The van der Waals surface area contributed by atoms with Crippen molar-refractivity contribution in [2.75, 3.05) is 0 Å². The maximum absolute atomic E-state index is 13.1. The van der Waals surface area contributed by atoms with Crippen molar-refractivity contribution in [2.45, 2.75) is 6.18 Å². The molecule has 0 radical (unpaired) electrons. The van der Waals surface area contributed by atoms with E-state index >= 15 is 0 Å². The molecule has 1 aliphatic heterocycles. The van der Waals surface area contributed by atoms with Gasteiger partial charge >= 0.3 is 30.1 Å². The Labute approximate surface area is 152 Å². The molecule has 11 heteroatoms. The summed E-state index contributed by atoms with van der Waals surface area (Å²) in [7, 11) is 0. The Morgan fingerprint density at radius 1 is 0.893 bits per heavy atom. The van der Waals surface area contributed by atoms with Gasteiger partial charge in [-0.25, -0.2) is 19.2 Å². The van der Waals surface area contributed by atoms with Crippen molar-refractivity contribution >= 4 is 23.9 Å². The molecular formula is C17H7F3O8. The molecule has 1 aliphatic rings. The number of benzene rings is 2. The van der Waals surface area contributed by atoms with E-state index in [0.29, 0.717) is 12.1 Å². The van der Waals surface area contributed by atoms with Crippen LogP contribution in [0, 0.1) is 0 Å². The first-order valence-electron chi connectivity index (χ1n) is 7.30. The second-order valence-electron chi connectivity index (χ2n) is 5.43. The maximum Gasteiger partial charge on any atom is 0.417 e. The van der Waals surface area contributed by atoms with Crippen LogP contribution < -0.4 is 4.74 Å². The number of carboxylic acid groups (broad SMARTS) is 2. The number of ether oxygens (including phenoxy) is 2. The van der Waals surface area contributed by atoms with Crippen molar-refractivity contribution in [1.82, 2.24) is 0 Å². The van der Waals surface area contributed by atoms with Gasteiger partial charge in [-0.05, 0) is 24.3 Å². The van der Waals surface area contributed by atoms with Gasteiger partial charge in [0.15, 0.2) is 0 Å². The molecular weight excluding hydrogens is 389 g/mol. The number of cyclic esters (lactones) is 2. The van der Waals surface area contributed by atoms with Gasteiger partial charge in [0.2, 0.25) is 0 Å². The Bertz CT molecular complexity index is 1060. The van der Waals surface area contributed by atoms with Crippen LogP contribution in [0.25, 0.3) is 0 Å². The largest absolute Gasteiger partial charge is 0.478 e. The Balaban J connectivity index is 2.22. The van der Waals surface area contributed by atoms with E-state index in [1.54, 1.807) is 0 Å². The van der Waals surface area contributed by atoms with E-state index in [2.05, 4.69) is 4.74 Å². The van der Waals surface area contributed by atoms with Crippen molar-refractivity contribution in [3.63, 3.8) is 0 Å². The van der Waals surface area contributed by atoms with Crippen LogP contribution >= 0.6 is 0 Å². The predicted octanol–water partition coefficient (Wildman–Crippen LogP) is 3.20. The number of hydrogen-bond donors (Lipinski definition) is 2. The molecule has 0 aromatic heterocycles. The van der Waals surface area contributed by atoms with Gasteiger partial charge in [-0.15, -0.1) is 0 Å². The summed E-state index contributed by atoms with van der Waals surface area (Å²) in [6.45, 7) is 0. The number of carbonyl (C=O) groups is 4. The molecule has 0 aliphatic carbocycles. The lowest BCUT2D eigenvalue weighted by Crippen LogP contribution is -2.18. The molecule has 0 fully saturated rings. The Morgan fingerprint density at radius 2 is 1.54 bits per heavy atom. The van der Waals surface area contributed by atoms with Crippen molar-refractivity contribution in [2.24, 2.45) is 0 Å². The third-order valence-electron chi connectivity index (χ3n) is 3.76. The monoisotopic (exact) mass is 396 g/mol. The first kappa shape index (κ1) is 18.9. The van der Waals surface area contributed by atoms with Gasteiger partial charge in [0.1, 0.15) is 22.6 Å². The van der Waals surface area contributed by atoms with Gasteiger partial charge < -0.3 is 19.7 Å². The van der Waals surface area contributed by atoms with Crippen molar-refractivity contribution < 1.29 is 52.0 Å². The smallest absolute Gasteiger partial charge is 0.417 e. The lowest BCUT2D eigenvalue weighted by molar-refractivity contribution is -0.138. The highest BCUT2D eigenvalue weighted by atomic mass is 19.4. The Morgan fingerprint density at radius 3 is 2.11 bits per heavy atom. The fourth-order valence-corrected chi connectivity index (χ4v) is 2.64. The molecule has 2 aromatic rings. The molecule has 8 nitrogen and oxygen atoms in total. The van der Waals surface area contributed by atoms with E-state index < -0.39 is 52.5 Å². The van der Waals surface area contributed by atoms with Crippen LogP contribution in [0.4, 0.5) is 13.2 Å². The summed E-state index contributed by atoms with van der Waals surface area (Å²) in [6.07, 6.45) is -5.14. The molecule has 0 unspecified atom stereocenters. The standard InChI is InChI=1S/C17H7F3O8/c18-17(19,20)7-4-5-9(12(14(23)24)11(7)13(21)22)27-8-3-1-2-6-10(8)16(26)28-15(6)25/h1-5H,(H,21,22)(H,23,24). The number of halogens is 3. The van der Waals surface area contributed by atoms with Crippen LogP contribution in [0.15, 0.2) is 30.3 Å². The molecule has 0 saturated carbocycles. The van der Waals surface area contributed by atoms with Gasteiger partial charge in [0, 0.05) is 0 Å². The topological polar surface area (TPSA) is 127 Å². The van der Waals surface area contributed by atoms with Gasteiger partial charge in [0.05, 0.1) is 16.7 Å². The fourth-order valence-electron chi connectivity index (χ4n) is 2.64. The molecule has 2 N–H and O–H groups in total. The Kier molecular flexibility index (Phi) is 4.30. The Hall–Kier alpha value is -3.89. The van der Waals surface area contributed by atoms with Gasteiger partial charge in [-0.3, -0.25) is 0 Å². The number of esters is 2. The zero-order valence-corrected chi connectivity index (χ0v) is 13.4. The third-order valence-corrected chi connectivity index (χ3v) is 3.76. The first-order chi connectivity index (χ1) is 13.0. The molecule has 28 heavy (non-hydrogen) atoms. The van der Waals surface area contributed by atoms with Crippen molar-refractivity contribution in [3.05, 3.63) is 58.1 Å². The molecule has 0 spiro atoms. The molecule has 0 bridgehead atoms. The SMILES string of the molecule is O=C1OC(=O)c2c(Oc3ccc(C(F)(F)F)c(C(=O)O)c3C(=O)O)cccc21. The van der Waals surface area contributed by atoms with Crippen LogP contribution in [0.1, 0.15) is 47.0 Å². The number of aromatic carboxylic acids is 2. The van der Waals surface area contributed by atoms with Gasteiger partial charge in [0.25, 0.3) is 0 Å². The quantitative estimate of drug-likeness (QED) is 0.596. The van der Waals surface area contributed by atoms with E-state index in [0.717, 1.165) is 6.07 Å². The highest BCUT2D eigenvalue weighted by Crippen LogP contribution is 2.39. The van der Waals surface area contributed by atoms with Crippen molar-refractivity contribution in [3.8, 4) is 11.5 Å². The van der Waals surface area contributed by atoms with Crippen LogP contribution in [0.2, 0.25) is 0 Å². The molecule has 144 valence electrons. The minimum atomic E-state index is -5.14.